The summed E-state index contributed by atoms with van der Waals surface area (Å²) in [6, 6.07) is 10.8. The molecule has 1 aliphatic heterocycles. The van der Waals surface area contributed by atoms with Crippen LogP contribution in [0, 0.1) is 11.8 Å². The van der Waals surface area contributed by atoms with Crippen molar-refractivity contribution in [3.63, 3.8) is 0 Å². The fourth-order valence-corrected chi connectivity index (χ4v) is 3.41. The molecule has 0 spiro atoms. The van der Waals surface area contributed by atoms with Gasteiger partial charge in [0, 0.05) is 19.8 Å². The molecule has 1 saturated heterocycles. The van der Waals surface area contributed by atoms with Gasteiger partial charge in [-0.05, 0) is 49.5 Å². The number of nitrogens with two attached hydrogens (primary N) is 1. The summed E-state index contributed by atoms with van der Waals surface area (Å²) < 4.78 is 5.48. The van der Waals surface area contributed by atoms with Crippen LogP contribution in [0.2, 0.25) is 0 Å². The second-order valence-electron chi connectivity index (χ2n) is 6.92. The van der Waals surface area contributed by atoms with E-state index in [1.165, 1.54) is 24.8 Å². The van der Waals surface area contributed by atoms with Crippen molar-refractivity contribution in [2.24, 2.45) is 22.6 Å². The highest BCUT2D eigenvalue weighted by Gasteiger charge is 2.21. The van der Waals surface area contributed by atoms with Crippen molar-refractivity contribution in [3.8, 4) is 0 Å². The average Bonchev–Trinajstić information content (AvgIpc) is 2.55. The summed E-state index contributed by atoms with van der Waals surface area (Å²) in [6.07, 6.45) is 7.34. The molecule has 1 unspecified atom stereocenters. The highest BCUT2D eigenvalue weighted by atomic mass is 16.5. The third-order valence-corrected chi connectivity index (χ3v) is 5.18. The molecule has 0 amide bonds. The molecule has 2 aliphatic rings. The highest BCUT2D eigenvalue weighted by molar-refractivity contribution is 5.78. The molecule has 1 aromatic carbocycles. The van der Waals surface area contributed by atoms with Crippen molar-refractivity contribution in [1.29, 1.82) is 0 Å². The van der Waals surface area contributed by atoms with Crippen molar-refractivity contribution in [2.75, 3.05) is 19.8 Å². The van der Waals surface area contributed by atoms with Gasteiger partial charge in [-0.25, -0.2) is 0 Å². The van der Waals surface area contributed by atoms with Crippen LogP contribution >= 0.6 is 0 Å². The van der Waals surface area contributed by atoms with E-state index in [0.29, 0.717) is 11.9 Å². The van der Waals surface area contributed by atoms with Gasteiger partial charge in [0.25, 0.3) is 0 Å². The summed E-state index contributed by atoms with van der Waals surface area (Å²) in [6.45, 7) is 2.65. The Balaban J connectivity index is 1.61. The Morgan fingerprint density at radius 3 is 2.52 bits per heavy atom. The second-order valence-corrected chi connectivity index (χ2v) is 6.92. The molecule has 126 valence electrons. The number of aliphatic imine (C=N–C) groups is 1. The summed E-state index contributed by atoms with van der Waals surface area (Å²) in [4.78, 5) is 4.56. The molecule has 2 fully saturated rings. The fraction of sp³-hybridized carbons (Fsp3) is 0.632. The lowest BCUT2D eigenvalue weighted by atomic mass is 9.86. The lowest BCUT2D eigenvalue weighted by molar-refractivity contribution is 0.0612. The quantitative estimate of drug-likeness (QED) is 0.626. The number of benzene rings is 1. The Morgan fingerprint density at radius 1 is 1.13 bits per heavy atom. The van der Waals surface area contributed by atoms with Crippen LogP contribution in [0.5, 0.6) is 0 Å². The minimum Gasteiger partial charge on any atom is -0.381 e. The van der Waals surface area contributed by atoms with Crippen LogP contribution in [0.15, 0.2) is 35.3 Å². The van der Waals surface area contributed by atoms with E-state index in [9.17, 15) is 0 Å². The van der Waals surface area contributed by atoms with Gasteiger partial charge >= 0.3 is 0 Å². The standard InChI is InChI=1S/C19H29N3O/c20-19(21-14-16-5-4-6-16)22-18(17-7-2-1-3-8-17)13-15-9-11-23-12-10-15/h1-3,7-8,15-16,18H,4-6,9-14H2,(H3,20,21,22). The molecule has 4 nitrogen and oxygen atoms in total. The maximum absolute atomic E-state index is 6.16. The van der Waals surface area contributed by atoms with Gasteiger partial charge in [-0.1, -0.05) is 36.8 Å². The molecule has 3 rings (SSSR count). The Bertz CT molecular complexity index is 493. The minimum absolute atomic E-state index is 0.240. The van der Waals surface area contributed by atoms with Crippen molar-refractivity contribution in [3.05, 3.63) is 35.9 Å². The molecule has 4 heteroatoms. The van der Waals surface area contributed by atoms with E-state index >= 15 is 0 Å². The van der Waals surface area contributed by atoms with Crippen molar-refractivity contribution >= 4 is 5.96 Å². The third-order valence-electron chi connectivity index (χ3n) is 5.18. The molecule has 3 N–H and O–H groups in total. The lowest BCUT2D eigenvalue weighted by Crippen LogP contribution is -2.37. The molecule has 1 aliphatic carbocycles. The summed E-state index contributed by atoms with van der Waals surface area (Å²) >= 11 is 0. The molecule has 0 bridgehead atoms. The predicted octanol–water partition coefficient (Wildman–Crippen LogP) is 3.25. The molecule has 1 heterocycles. The van der Waals surface area contributed by atoms with Crippen molar-refractivity contribution < 1.29 is 4.74 Å². The van der Waals surface area contributed by atoms with Gasteiger partial charge in [-0.2, -0.15) is 0 Å². The van der Waals surface area contributed by atoms with Crippen LogP contribution in [0.1, 0.15) is 50.1 Å². The number of ether oxygens (including phenoxy) is 1. The zero-order valence-electron chi connectivity index (χ0n) is 13.9. The van der Waals surface area contributed by atoms with Crippen molar-refractivity contribution in [2.45, 2.75) is 44.6 Å². The number of nitrogens with zero attached hydrogens (tertiary/aromatic N) is 1. The first-order valence-electron chi connectivity index (χ1n) is 9.00. The minimum atomic E-state index is 0.240. The van der Waals surface area contributed by atoms with Gasteiger partial charge in [0.05, 0.1) is 6.04 Å². The van der Waals surface area contributed by atoms with Gasteiger partial charge in [-0.3, -0.25) is 4.99 Å². The molecule has 23 heavy (non-hydrogen) atoms. The van der Waals surface area contributed by atoms with Crippen molar-refractivity contribution in [1.82, 2.24) is 5.32 Å². The van der Waals surface area contributed by atoms with Crippen LogP contribution in [0.4, 0.5) is 0 Å². The summed E-state index contributed by atoms with van der Waals surface area (Å²) in [7, 11) is 0. The monoisotopic (exact) mass is 315 g/mol. The smallest absolute Gasteiger partial charge is 0.189 e. The maximum Gasteiger partial charge on any atom is 0.189 e. The number of guanidine groups is 1. The second kappa shape index (κ2) is 8.34. The Morgan fingerprint density at radius 2 is 1.87 bits per heavy atom. The van der Waals surface area contributed by atoms with Crippen LogP contribution in [0.25, 0.3) is 0 Å². The summed E-state index contributed by atoms with van der Waals surface area (Å²) in [5, 5.41) is 3.47. The van der Waals surface area contributed by atoms with Crippen LogP contribution < -0.4 is 11.1 Å². The molecular weight excluding hydrogens is 286 g/mol. The van der Waals surface area contributed by atoms with E-state index in [-0.39, 0.29) is 6.04 Å². The Hall–Kier alpha value is -1.55. The number of hydrogen-bond acceptors (Lipinski definition) is 2. The summed E-state index contributed by atoms with van der Waals surface area (Å²) in [5.74, 6) is 2.04. The maximum atomic E-state index is 6.16. The molecule has 1 saturated carbocycles. The van der Waals surface area contributed by atoms with Gasteiger partial charge in [0.1, 0.15) is 0 Å². The summed E-state index contributed by atoms with van der Waals surface area (Å²) in [5.41, 5.74) is 7.45. The largest absolute Gasteiger partial charge is 0.381 e. The molecule has 1 aromatic rings. The number of hydrogen-bond donors (Lipinski definition) is 2. The van der Waals surface area contributed by atoms with Gasteiger partial charge in [0.15, 0.2) is 5.96 Å². The normalized spacial score (nSPS) is 21.7. The van der Waals surface area contributed by atoms with E-state index in [0.717, 1.165) is 44.9 Å². The van der Waals surface area contributed by atoms with E-state index < -0.39 is 0 Å². The average molecular weight is 315 g/mol. The van der Waals surface area contributed by atoms with Crippen LogP contribution in [-0.2, 0) is 4.74 Å². The molecular formula is C19H29N3O. The predicted molar refractivity (Wildman–Crippen MR) is 94.3 cm³/mol. The molecule has 0 radical (unpaired) electrons. The zero-order chi connectivity index (χ0) is 15.9. The first-order chi connectivity index (χ1) is 11.3. The first kappa shape index (κ1) is 16.3. The number of rotatable bonds is 6. The Labute approximate surface area is 139 Å². The lowest BCUT2D eigenvalue weighted by Gasteiger charge is -2.28. The van der Waals surface area contributed by atoms with Gasteiger partial charge in [-0.15, -0.1) is 0 Å². The van der Waals surface area contributed by atoms with Crippen LogP contribution in [0.3, 0.4) is 0 Å². The SMILES string of the molecule is NC(=NCC1CCC1)NC(CC1CCOCC1)c1ccccc1. The van der Waals surface area contributed by atoms with Crippen LogP contribution in [-0.4, -0.2) is 25.7 Å². The van der Waals surface area contributed by atoms with E-state index in [1.54, 1.807) is 0 Å². The first-order valence-corrected chi connectivity index (χ1v) is 9.00. The topological polar surface area (TPSA) is 59.6 Å². The molecule has 0 aromatic heterocycles. The molecule has 1 atom stereocenters. The van der Waals surface area contributed by atoms with Gasteiger partial charge in [0.2, 0.25) is 0 Å². The third kappa shape index (κ3) is 4.96. The van der Waals surface area contributed by atoms with E-state index in [1.807, 2.05) is 0 Å². The zero-order valence-corrected chi connectivity index (χ0v) is 13.9. The fourth-order valence-electron chi connectivity index (χ4n) is 3.41. The Kier molecular flexibility index (Phi) is 5.92. The van der Waals surface area contributed by atoms with Gasteiger partial charge < -0.3 is 15.8 Å². The van der Waals surface area contributed by atoms with E-state index in [4.69, 9.17) is 10.5 Å². The number of nitrogens with one attached hydrogen (secondary N) is 1. The van der Waals surface area contributed by atoms with E-state index in [2.05, 4.69) is 40.6 Å². The highest BCUT2D eigenvalue weighted by Crippen LogP contribution is 2.28.